The number of ether oxygens (including phenoxy) is 1. The van der Waals surface area contributed by atoms with Crippen LogP contribution in [0.15, 0.2) is 45.3 Å². The molecule has 0 aliphatic rings. The molecule has 2 aromatic rings. The number of aliphatic hydroxyl groups is 1. The predicted molar refractivity (Wildman–Crippen MR) is 92.9 cm³/mol. The maximum absolute atomic E-state index is 10.6. The molecule has 2 nitrogen and oxygen atoms in total. The van der Waals surface area contributed by atoms with Gasteiger partial charge in [0, 0.05) is 4.47 Å². The summed E-state index contributed by atoms with van der Waals surface area (Å²) in [6.45, 7) is 4.77. The summed E-state index contributed by atoms with van der Waals surface area (Å²) in [6.07, 6.45) is 0.295. The Balaban J connectivity index is 2.29. The van der Waals surface area contributed by atoms with Crippen molar-refractivity contribution >= 4 is 31.9 Å². The SMILES string of the molecule is CCCOc1ccc(C(O)c2cc(C)ccc2Br)cc1Br. The second-order valence-corrected chi connectivity index (χ2v) is 6.67. The van der Waals surface area contributed by atoms with E-state index in [1.165, 1.54) is 0 Å². The number of halogens is 2. The molecule has 0 amide bonds. The third kappa shape index (κ3) is 4.09. The molecular weight excluding hydrogens is 396 g/mol. The Morgan fingerprint density at radius 3 is 2.52 bits per heavy atom. The van der Waals surface area contributed by atoms with Crippen LogP contribution >= 0.6 is 31.9 Å². The van der Waals surface area contributed by atoms with Crippen LogP contribution in [0.5, 0.6) is 5.75 Å². The molecule has 0 radical (unpaired) electrons. The minimum Gasteiger partial charge on any atom is -0.492 e. The van der Waals surface area contributed by atoms with Crippen molar-refractivity contribution in [1.29, 1.82) is 0 Å². The topological polar surface area (TPSA) is 29.5 Å². The largest absolute Gasteiger partial charge is 0.492 e. The van der Waals surface area contributed by atoms with Crippen molar-refractivity contribution in [2.24, 2.45) is 0 Å². The highest BCUT2D eigenvalue weighted by atomic mass is 79.9. The molecule has 0 heterocycles. The highest BCUT2D eigenvalue weighted by molar-refractivity contribution is 9.10. The summed E-state index contributed by atoms with van der Waals surface area (Å²) >= 11 is 7.00. The third-order valence-corrected chi connectivity index (χ3v) is 4.52. The van der Waals surface area contributed by atoms with Gasteiger partial charge in [0.05, 0.1) is 11.1 Å². The van der Waals surface area contributed by atoms with Gasteiger partial charge in [0.2, 0.25) is 0 Å². The Labute approximate surface area is 142 Å². The molecule has 0 aliphatic heterocycles. The van der Waals surface area contributed by atoms with E-state index in [0.29, 0.717) is 6.61 Å². The Morgan fingerprint density at radius 1 is 1.10 bits per heavy atom. The van der Waals surface area contributed by atoms with Crippen LogP contribution in [-0.4, -0.2) is 11.7 Å². The van der Waals surface area contributed by atoms with Gasteiger partial charge in [-0.15, -0.1) is 0 Å². The molecule has 2 aromatic carbocycles. The fourth-order valence-corrected chi connectivity index (χ4v) is 3.04. The van der Waals surface area contributed by atoms with E-state index in [0.717, 1.165) is 37.8 Å². The monoisotopic (exact) mass is 412 g/mol. The molecule has 1 unspecified atom stereocenters. The summed E-state index contributed by atoms with van der Waals surface area (Å²) in [5, 5.41) is 10.6. The van der Waals surface area contributed by atoms with Gasteiger partial charge in [0.15, 0.2) is 0 Å². The van der Waals surface area contributed by atoms with E-state index in [9.17, 15) is 5.11 Å². The molecule has 0 fully saturated rings. The Hall–Kier alpha value is -0.840. The van der Waals surface area contributed by atoms with Gasteiger partial charge >= 0.3 is 0 Å². The van der Waals surface area contributed by atoms with Gasteiger partial charge in [-0.05, 0) is 58.6 Å². The normalized spacial score (nSPS) is 12.2. The number of benzene rings is 2. The summed E-state index contributed by atoms with van der Waals surface area (Å²) in [5.41, 5.74) is 2.82. The molecule has 0 bridgehead atoms. The van der Waals surface area contributed by atoms with Crippen LogP contribution in [0.25, 0.3) is 0 Å². The molecule has 21 heavy (non-hydrogen) atoms. The quantitative estimate of drug-likeness (QED) is 0.711. The minimum absolute atomic E-state index is 0.671. The molecular formula is C17H18Br2O2. The summed E-state index contributed by atoms with van der Waals surface area (Å²) in [4.78, 5) is 0. The van der Waals surface area contributed by atoms with Gasteiger partial charge in [-0.1, -0.05) is 46.6 Å². The smallest absolute Gasteiger partial charge is 0.133 e. The number of hydrogen-bond acceptors (Lipinski definition) is 2. The van der Waals surface area contributed by atoms with Gasteiger partial charge < -0.3 is 9.84 Å². The molecule has 4 heteroatoms. The van der Waals surface area contributed by atoms with E-state index in [1.54, 1.807) is 0 Å². The maximum atomic E-state index is 10.6. The number of aliphatic hydroxyl groups excluding tert-OH is 1. The first-order valence-electron chi connectivity index (χ1n) is 6.89. The molecule has 0 aromatic heterocycles. The first-order chi connectivity index (χ1) is 10.0. The van der Waals surface area contributed by atoms with Gasteiger partial charge in [-0.25, -0.2) is 0 Å². The minimum atomic E-state index is -0.671. The van der Waals surface area contributed by atoms with E-state index in [1.807, 2.05) is 43.3 Å². The molecule has 112 valence electrons. The van der Waals surface area contributed by atoms with Gasteiger partial charge in [-0.3, -0.25) is 0 Å². The highest BCUT2D eigenvalue weighted by Crippen LogP contribution is 2.33. The first-order valence-corrected chi connectivity index (χ1v) is 8.48. The molecule has 1 N–H and O–H groups in total. The summed E-state index contributed by atoms with van der Waals surface area (Å²) in [6, 6.07) is 11.7. The fourth-order valence-electron chi connectivity index (χ4n) is 2.07. The highest BCUT2D eigenvalue weighted by Gasteiger charge is 2.15. The van der Waals surface area contributed by atoms with Crippen LogP contribution in [0.4, 0.5) is 0 Å². The Bertz CT molecular complexity index is 626. The number of hydrogen-bond donors (Lipinski definition) is 1. The van der Waals surface area contributed by atoms with Crippen molar-refractivity contribution in [3.63, 3.8) is 0 Å². The number of aryl methyl sites for hydroxylation is 1. The van der Waals surface area contributed by atoms with E-state index in [-0.39, 0.29) is 0 Å². The van der Waals surface area contributed by atoms with Crippen molar-refractivity contribution in [1.82, 2.24) is 0 Å². The lowest BCUT2D eigenvalue weighted by Gasteiger charge is -2.16. The zero-order valence-electron chi connectivity index (χ0n) is 12.1. The van der Waals surface area contributed by atoms with Crippen molar-refractivity contribution < 1.29 is 9.84 Å². The summed E-state index contributed by atoms with van der Waals surface area (Å²) in [5.74, 6) is 0.802. The van der Waals surface area contributed by atoms with E-state index in [2.05, 4.69) is 38.8 Å². The first kappa shape index (κ1) is 16.5. The van der Waals surface area contributed by atoms with Crippen LogP contribution < -0.4 is 4.74 Å². The predicted octanol–water partition coefficient (Wildman–Crippen LogP) is 5.39. The van der Waals surface area contributed by atoms with Crippen molar-refractivity contribution in [2.45, 2.75) is 26.4 Å². The van der Waals surface area contributed by atoms with Gasteiger partial charge in [0.1, 0.15) is 11.9 Å². The lowest BCUT2D eigenvalue weighted by atomic mass is 10.00. The van der Waals surface area contributed by atoms with E-state index >= 15 is 0 Å². The van der Waals surface area contributed by atoms with Crippen LogP contribution in [-0.2, 0) is 0 Å². The standard InChI is InChI=1S/C17H18Br2O2/c1-3-8-21-16-7-5-12(10-15(16)19)17(20)13-9-11(2)4-6-14(13)18/h4-7,9-10,17,20H,3,8H2,1-2H3. The van der Waals surface area contributed by atoms with Crippen LogP contribution in [0.2, 0.25) is 0 Å². The lowest BCUT2D eigenvalue weighted by Crippen LogP contribution is -2.02. The van der Waals surface area contributed by atoms with Crippen molar-refractivity contribution in [3.05, 3.63) is 62.0 Å². The van der Waals surface area contributed by atoms with Crippen LogP contribution in [0.1, 0.15) is 36.1 Å². The average Bonchev–Trinajstić information content (AvgIpc) is 2.47. The zero-order chi connectivity index (χ0) is 15.4. The fraction of sp³-hybridized carbons (Fsp3) is 0.294. The van der Waals surface area contributed by atoms with Crippen LogP contribution in [0.3, 0.4) is 0 Å². The zero-order valence-corrected chi connectivity index (χ0v) is 15.2. The van der Waals surface area contributed by atoms with Gasteiger partial charge in [0.25, 0.3) is 0 Å². The lowest BCUT2D eigenvalue weighted by molar-refractivity contribution is 0.219. The second-order valence-electron chi connectivity index (χ2n) is 4.97. The van der Waals surface area contributed by atoms with E-state index < -0.39 is 6.10 Å². The molecule has 1 atom stereocenters. The Kier molecular flexibility index (Phi) is 5.85. The molecule has 0 spiro atoms. The molecule has 0 aliphatic carbocycles. The Morgan fingerprint density at radius 2 is 1.86 bits per heavy atom. The van der Waals surface area contributed by atoms with E-state index in [4.69, 9.17) is 4.74 Å². The summed E-state index contributed by atoms with van der Waals surface area (Å²) in [7, 11) is 0. The van der Waals surface area contributed by atoms with Crippen LogP contribution in [0, 0.1) is 6.92 Å². The van der Waals surface area contributed by atoms with Crippen molar-refractivity contribution in [3.8, 4) is 5.75 Å². The summed E-state index contributed by atoms with van der Waals surface area (Å²) < 4.78 is 7.39. The number of rotatable bonds is 5. The third-order valence-electron chi connectivity index (χ3n) is 3.18. The molecule has 0 saturated heterocycles. The maximum Gasteiger partial charge on any atom is 0.133 e. The molecule has 0 saturated carbocycles. The van der Waals surface area contributed by atoms with Crippen molar-refractivity contribution in [2.75, 3.05) is 6.61 Å². The van der Waals surface area contributed by atoms with Gasteiger partial charge in [-0.2, -0.15) is 0 Å². The second kappa shape index (κ2) is 7.43. The average molecular weight is 414 g/mol. The molecule has 2 rings (SSSR count).